The molecule has 3 unspecified atom stereocenters. The van der Waals surface area contributed by atoms with Crippen LogP contribution in [0.1, 0.15) is 32.3 Å². The molecule has 2 heteroatoms. The molecule has 1 saturated carbocycles. The van der Waals surface area contributed by atoms with Gasteiger partial charge in [-0.3, -0.25) is 0 Å². The van der Waals surface area contributed by atoms with Crippen molar-refractivity contribution in [3.05, 3.63) is 35.6 Å². The van der Waals surface area contributed by atoms with Crippen molar-refractivity contribution in [2.24, 2.45) is 11.8 Å². The van der Waals surface area contributed by atoms with E-state index in [0.717, 1.165) is 23.9 Å². The van der Waals surface area contributed by atoms with Crippen molar-refractivity contribution in [3.8, 4) is 0 Å². The van der Waals surface area contributed by atoms with E-state index in [9.17, 15) is 4.39 Å². The highest BCUT2D eigenvalue weighted by atomic mass is 19.1. The van der Waals surface area contributed by atoms with E-state index in [1.54, 1.807) is 0 Å². The lowest BCUT2D eigenvalue weighted by Gasteiger charge is -2.19. The molecule has 88 valence electrons. The molecule has 0 aromatic heterocycles. The molecule has 0 heterocycles. The van der Waals surface area contributed by atoms with Crippen molar-refractivity contribution in [2.75, 3.05) is 0 Å². The molecule has 1 aromatic carbocycles. The van der Waals surface area contributed by atoms with Crippen molar-refractivity contribution in [1.29, 1.82) is 0 Å². The lowest BCUT2D eigenvalue weighted by molar-refractivity contribution is 0.370. The Balaban J connectivity index is 1.86. The van der Waals surface area contributed by atoms with Gasteiger partial charge in [0.25, 0.3) is 0 Å². The summed E-state index contributed by atoms with van der Waals surface area (Å²) in [6.45, 7) is 5.49. The third-order valence-electron chi connectivity index (χ3n) is 3.95. The molecular weight excluding hydrogens is 201 g/mol. The van der Waals surface area contributed by atoms with Crippen LogP contribution in [-0.2, 0) is 6.54 Å². The molecule has 0 aliphatic heterocycles. The van der Waals surface area contributed by atoms with Crippen LogP contribution in [0.15, 0.2) is 24.3 Å². The van der Waals surface area contributed by atoms with E-state index in [1.165, 1.54) is 25.0 Å². The summed E-state index contributed by atoms with van der Waals surface area (Å²) in [7, 11) is 0. The van der Waals surface area contributed by atoms with E-state index >= 15 is 0 Å². The van der Waals surface area contributed by atoms with E-state index in [4.69, 9.17) is 0 Å². The lowest BCUT2D eigenvalue weighted by Crippen LogP contribution is -2.31. The zero-order valence-electron chi connectivity index (χ0n) is 10.0. The number of hydrogen-bond acceptors (Lipinski definition) is 1. The van der Waals surface area contributed by atoms with Gasteiger partial charge in [0.2, 0.25) is 0 Å². The van der Waals surface area contributed by atoms with Gasteiger partial charge < -0.3 is 5.32 Å². The molecule has 16 heavy (non-hydrogen) atoms. The predicted molar refractivity (Wildman–Crippen MR) is 64.6 cm³/mol. The predicted octanol–water partition coefficient (Wildman–Crippen LogP) is 3.35. The van der Waals surface area contributed by atoms with Crippen LogP contribution in [-0.4, -0.2) is 6.04 Å². The molecule has 0 amide bonds. The van der Waals surface area contributed by atoms with Crippen molar-refractivity contribution < 1.29 is 4.39 Å². The summed E-state index contributed by atoms with van der Waals surface area (Å²) in [6, 6.07) is 7.38. The molecule has 1 fully saturated rings. The quantitative estimate of drug-likeness (QED) is 0.825. The molecule has 1 N–H and O–H groups in total. The third kappa shape index (κ3) is 2.62. The first-order valence-electron chi connectivity index (χ1n) is 6.14. The summed E-state index contributed by atoms with van der Waals surface area (Å²) in [4.78, 5) is 0. The van der Waals surface area contributed by atoms with Gasteiger partial charge >= 0.3 is 0 Å². The molecule has 0 saturated heterocycles. The second-order valence-electron chi connectivity index (χ2n) is 5.03. The fourth-order valence-corrected chi connectivity index (χ4v) is 2.50. The van der Waals surface area contributed by atoms with Gasteiger partial charge in [-0.15, -0.1) is 0 Å². The van der Waals surface area contributed by atoms with Crippen LogP contribution >= 0.6 is 0 Å². The number of benzene rings is 1. The minimum absolute atomic E-state index is 0.161. The highest BCUT2D eigenvalue weighted by Crippen LogP contribution is 2.31. The van der Waals surface area contributed by atoms with Crippen LogP contribution in [0.2, 0.25) is 0 Å². The van der Waals surface area contributed by atoms with E-state index in [1.807, 2.05) is 12.1 Å². The molecule has 1 nitrogen and oxygen atoms in total. The van der Waals surface area contributed by atoms with Gasteiger partial charge in [-0.2, -0.15) is 0 Å². The van der Waals surface area contributed by atoms with E-state index in [2.05, 4.69) is 19.2 Å². The van der Waals surface area contributed by atoms with Crippen LogP contribution in [0.3, 0.4) is 0 Å². The zero-order chi connectivity index (χ0) is 11.5. The van der Waals surface area contributed by atoms with Crippen molar-refractivity contribution in [3.63, 3.8) is 0 Å². The number of nitrogens with one attached hydrogen (secondary N) is 1. The van der Waals surface area contributed by atoms with Crippen molar-refractivity contribution in [2.45, 2.75) is 39.3 Å². The highest BCUT2D eigenvalue weighted by Gasteiger charge is 2.28. The number of rotatable bonds is 3. The fraction of sp³-hybridized carbons (Fsp3) is 0.571. The van der Waals surface area contributed by atoms with Crippen molar-refractivity contribution in [1.82, 2.24) is 5.32 Å². The lowest BCUT2D eigenvalue weighted by atomic mass is 9.98. The zero-order valence-corrected chi connectivity index (χ0v) is 10.0. The minimum atomic E-state index is -0.161. The Kier molecular flexibility index (Phi) is 3.59. The summed E-state index contributed by atoms with van der Waals surface area (Å²) in [6.07, 6.45) is 2.59. The van der Waals surface area contributed by atoms with Crippen LogP contribution in [0, 0.1) is 17.7 Å². The maximum atomic E-state index is 12.7. The van der Waals surface area contributed by atoms with Crippen LogP contribution < -0.4 is 5.32 Å². The first-order valence-corrected chi connectivity index (χ1v) is 6.14. The number of halogens is 1. The van der Waals surface area contributed by atoms with Crippen LogP contribution in [0.25, 0.3) is 0 Å². The van der Waals surface area contributed by atoms with E-state index in [0.29, 0.717) is 6.04 Å². The molecule has 1 aromatic rings. The van der Waals surface area contributed by atoms with Gasteiger partial charge in [0.1, 0.15) is 5.82 Å². The Bertz CT molecular complexity index is 333. The minimum Gasteiger partial charge on any atom is -0.310 e. The van der Waals surface area contributed by atoms with Gasteiger partial charge in [0.15, 0.2) is 0 Å². The molecule has 3 atom stereocenters. The van der Waals surface area contributed by atoms with Gasteiger partial charge in [-0.05, 0) is 42.4 Å². The molecular formula is C14H20FN. The maximum absolute atomic E-state index is 12.7. The van der Waals surface area contributed by atoms with E-state index in [-0.39, 0.29) is 5.82 Å². The maximum Gasteiger partial charge on any atom is 0.123 e. The Morgan fingerprint density at radius 2 is 1.88 bits per heavy atom. The average molecular weight is 221 g/mol. The Morgan fingerprint density at radius 1 is 1.19 bits per heavy atom. The largest absolute Gasteiger partial charge is 0.310 e. The summed E-state index contributed by atoms with van der Waals surface area (Å²) in [5.74, 6) is 1.41. The summed E-state index contributed by atoms with van der Waals surface area (Å²) < 4.78 is 12.7. The highest BCUT2D eigenvalue weighted by molar-refractivity contribution is 5.15. The van der Waals surface area contributed by atoms with Crippen LogP contribution in [0.5, 0.6) is 0 Å². The molecule has 1 aliphatic carbocycles. The standard InChI is InChI=1S/C14H20FN/c1-10-3-8-14(11(10)2)16-9-12-4-6-13(15)7-5-12/h4-7,10-11,14,16H,3,8-9H2,1-2H3. The average Bonchev–Trinajstić information content (AvgIpc) is 2.60. The monoisotopic (exact) mass is 221 g/mol. The number of hydrogen-bond donors (Lipinski definition) is 1. The second-order valence-corrected chi connectivity index (χ2v) is 5.03. The second kappa shape index (κ2) is 4.96. The summed E-state index contributed by atoms with van der Waals surface area (Å²) in [5, 5.41) is 3.58. The SMILES string of the molecule is CC1CCC(NCc2ccc(F)cc2)C1C. The van der Waals surface area contributed by atoms with E-state index < -0.39 is 0 Å². The Hall–Kier alpha value is -0.890. The third-order valence-corrected chi connectivity index (χ3v) is 3.95. The molecule has 0 bridgehead atoms. The van der Waals surface area contributed by atoms with Gasteiger partial charge in [0.05, 0.1) is 0 Å². The Morgan fingerprint density at radius 3 is 2.44 bits per heavy atom. The first-order chi connectivity index (χ1) is 7.66. The summed E-state index contributed by atoms with van der Waals surface area (Å²) in [5.41, 5.74) is 1.16. The molecule has 0 radical (unpaired) electrons. The van der Waals surface area contributed by atoms with Gasteiger partial charge in [-0.1, -0.05) is 26.0 Å². The normalized spacial score (nSPS) is 29.6. The van der Waals surface area contributed by atoms with Crippen molar-refractivity contribution >= 4 is 0 Å². The topological polar surface area (TPSA) is 12.0 Å². The summed E-state index contributed by atoms with van der Waals surface area (Å²) >= 11 is 0. The molecule has 0 spiro atoms. The molecule has 1 aliphatic rings. The van der Waals surface area contributed by atoms with Gasteiger partial charge in [0, 0.05) is 12.6 Å². The first kappa shape index (κ1) is 11.6. The smallest absolute Gasteiger partial charge is 0.123 e. The van der Waals surface area contributed by atoms with Crippen LogP contribution in [0.4, 0.5) is 4.39 Å². The molecule has 2 rings (SSSR count). The van der Waals surface area contributed by atoms with Gasteiger partial charge in [-0.25, -0.2) is 4.39 Å². The fourth-order valence-electron chi connectivity index (χ4n) is 2.50. The Labute approximate surface area is 97.1 Å².